The van der Waals surface area contributed by atoms with Crippen LogP contribution in [0.2, 0.25) is 0 Å². The molecule has 1 aromatic rings. The number of carbonyl (C=O) groups is 3. The minimum Gasteiger partial charge on any atom is -0.298 e. The molecule has 2 amide bonds. The highest BCUT2D eigenvalue weighted by atomic mass is 32.2. The lowest BCUT2D eigenvalue weighted by atomic mass is 10.2. The Labute approximate surface area is 96.6 Å². The minimum atomic E-state index is -0.208. The third-order valence-corrected chi connectivity index (χ3v) is 3.14. The molecule has 0 N–H and O–H groups in total. The van der Waals surface area contributed by atoms with E-state index in [9.17, 15) is 14.4 Å². The Kier molecular flexibility index (Phi) is 3.05. The summed E-state index contributed by atoms with van der Waals surface area (Å²) in [7, 11) is 0. The molecular formula is C11H9NO3S. The second kappa shape index (κ2) is 4.49. The van der Waals surface area contributed by atoms with Crippen LogP contribution >= 0.6 is 11.8 Å². The Morgan fingerprint density at radius 2 is 1.62 bits per heavy atom. The molecular weight excluding hydrogens is 226 g/mol. The fraction of sp³-hybridized carbons (Fsp3) is 0.182. The number of carbonyl (C=O) groups excluding carboxylic acids is 3. The fourth-order valence-electron chi connectivity index (χ4n) is 1.48. The van der Waals surface area contributed by atoms with E-state index in [1.807, 2.05) is 0 Å². The first-order valence-electron chi connectivity index (χ1n) is 4.71. The molecule has 0 radical (unpaired) electrons. The molecule has 0 spiro atoms. The van der Waals surface area contributed by atoms with Crippen LogP contribution in [0.4, 0.5) is 5.69 Å². The summed E-state index contributed by atoms with van der Waals surface area (Å²) in [6.45, 7) is 0. The number of amides is 2. The number of hydrogen-bond donors (Lipinski definition) is 0. The molecule has 1 fully saturated rings. The van der Waals surface area contributed by atoms with Crippen molar-refractivity contribution < 1.29 is 14.4 Å². The van der Waals surface area contributed by atoms with E-state index < -0.39 is 0 Å². The molecule has 0 bridgehead atoms. The third-order valence-electron chi connectivity index (χ3n) is 2.24. The van der Waals surface area contributed by atoms with Crippen molar-refractivity contribution in [2.75, 3.05) is 16.4 Å². The van der Waals surface area contributed by atoms with Gasteiger partial charge in [0.15, 0.2) is 0 Å². The van der Waals surface area contributed by atoms with Gasteiger partial charge in [0.2, 0.25) is 11.8 Å². The van der Waals surface area contributed by atoms with Gasteiger partial charge in [0.1, 0.15) is 6.29 Å². The average molecular weight is 235 g/mol. The Morgan fingerprint density at radius 1 is 1.06 bits per heavy atom. The van der Waals surface area contributed by atoms with Gasteiger partial charge in [0.05, 0.1) is 17.2 Å². The lowest BCUT2D eigenvalue weighted by Gasteiger charge is -2.24. The van der Waals surface area contributed by atoms with Crippen molar-refractivity contribution in [3.05, 3.63) is 29.8 Å². The predicted molar refractivity (Wildman–Crippen MR) is 61.6 cm³/mol. The van der Waals surface area contributed by atoms with Gasteiger partial charge in [-0.15, -0.1) is 11.8 Å². The van der Waals surface area contributed by atoms with Crippen LogP contribution in [0.3, 0.4) is 0 Å². The summed E-state index contributed by atoms with van der Waals surface area (Å²) in [5, 5.41) is 0. The maximum atomic E-state index is 11.6. The zero-order valence-corrected chi connectivity index (χ0v) is 9.20. The topological polar surface area (TPSA) is 54.5 Å². The van der Waals surface area contributed by atoms with E-state index in [0.29, 0.717) is 22.8 Å². The second-order valence-corrected chi connectivity index (χ2v) is 4.31. The zero-order valence-electron chi connectivity index (χ0n) is 8.38. The summed E-state index contributed by atoms with van der Waals surface area (Å²) in [4.78, 5) is 34.8. The van der Waals surface area contributed by atoms with Crippen LogP contribution in [0.25, 0.3) is 0 Å². The summed E-state index contributed by atoms with van der Waals surface area (Å²) in [6.07, 6.45) is 0.722. The molecule has 2 rings (SSSR count). The molecule has 0 unspecified atom stereocenters. The van der Waals surface area contributed by atoms with Gasteiger partial charge >= 0.3 is 0 Å². The van der Waals surface area contributed by atoms with Crippen LogP contribution in [0.15, 0.2) is 24.3 Å². The SMILES string of the molecule is O=Cc1ccc(N2C(=O)CSCC2=O)cc1. The number of imide groups is 1. The molecule has 5 heteroatoms. The molecule has 4 nitrogen and oxygen atoms in total. The van der Waals surface area contributed by atoms with Crippen molar-refractivity contribution in [2.24, 2.45) is 0 Å². The quantitative estimate of drug-likeness (QED) is 0.569. The molecule has 82 valence electrons. The second-order valence-electron chi connectivity index (χ2n) is 3.33. The highest BCUT2D eigenvalue weighted by molar-refractivity contribution is 8.00. The molecule has 0 aromatic heterocycles. The number of thioether (sulfide) groups is 1. The number of hydrogen-bond acceptors (Lipinski definition) is 4. The van der Waals surface area contributed by atoms with Gasteiger partial charge in [-0.25, -0.2) is 4.90 Å². The molecule has 0 aliphatic carbocycles. The van der Waals surface area contributed by atoms with E-state index in [-0.39, 0.29) is 11.8 Å². The first-order valence-corrected chi connectivity index (χ1v) is 5.86. The Morgan fingerprint density at radius 3 is 2.12 bits per heavy atom. The third kappa shape index (κ3) is 1.99. The summed E-state index contributed by atoms with van der Waals surface area (Å²) < 4.78 is 0. The average Bonchev–Trinajstić information content (AvgIpc) is 2.30. The number of aldehydes is 1. The van der Waals surface area contributed by atoms with Crippen molar-refractivity contribution in [2.45, 2.75) is 0 Å². The number of benzene rings is 1. The van der Waals surface area contributed by atoms with E-state index in [1.165, 1.54) is 16.7 Å². The van der Waals surface area contributed by atoms with Gasteiger partial charge in [0, 0.05) is 5.56 Å². The van der Waals surface area contributed by atoms with E-state index in [4.69, 9.17) is 0 Å². The van der Waals surface area contributed by atoms with Crippen LogP contribution in [-0.4, -0.2) is 29.6 Å². The molecule has 1 aliphatic heterocycles. The van der Waals surface area contributed by atoms with Gasteiger partial charge in [0.25, 0.3) is 0 Å². The van der Waals surface area contributed by atoms with Crippen molar-refractivity contribution in [3.63, 3.8) is 0 Å². The number of anilines is 1. The molecule has 1 aliphatic rings. The first-order chi connectivity index (χ1) is 7.72. The molecule has 0 saturated carbocycles. The van der Waals surface area contributed by atoms with Crippen LogP contribution in [-0.2, 0) is 9.59 Å². The summed E-state index contributed by atoms with van der Waals surface area (Å²) in [5.41, 5.74) is 1.05. The van der Waals surface area contributed by atoms with Crippen molar-refractivity contribution in [1.82, 2.24) is 0 Å². The van der Waals surface area contributed by atoms with Crippen LogP contribution in [0, 0.1) is 0 Å². The van der Waals surface area contributed by atoms with E-state index in [2.05, 4.69) is 0 Å². The van der Waals surface area contributed by atoms with Gasteiger partial charge in [-0.2, -0.15) is 0 Å². The van der Waals surface area contributed by atoms with E-state index in [0.717, 1.165) is 6.29 Å². The Balaban J connectivity index is 2.30. The number of nitrogens with zero attached hydrogens (tertiary/aromatic N) is 1. The van der Waals surface area contributed by atoms with Crippen molar-refractivity contribution in [1.29, 1.82) is 0 Å². The van der Waals surface area contributed by atoms with Crippen LogP contribution in [0.5, 0.6) is 0 Å². The largest absolute Gasteiger partial charge is 0.298 e. The van der Waals surface area contributed by atoms with Gasteiger partial charge < -0.3 is 0 Å². The normalized spacial score (nSPS) is 16.4. The van der Waals surface area contributed by atoms with E-state index in [1.54, 1.807) is 24.3 Å². The molecule has 1 heterocycles. The fourth-order valence-corrected chi connectivity index (χ4v) is 2.19. The molecule has 0 atom stereocenters. The Bertz CT molecular complexity index is 425. The highest BCUT2D eigenvalue weighted by Crippen LogP contribution is 2.21. The van der Waals surface area contributed by atoms with Crippen molar-refractivity contribution >= 4 is 35.5 Å². The zero-order chi connectivity index (χ0) is 11.5. The molecule has 1 saturated heterocycles. The molecule has 1 aromatic carbocycles. The van der Waals surface area contributed by atoms with Crippen LogP contribution < -0.4 is 4.90 Å². The van der Waals surface area contributed by atoms with Gasteiger partial charge in [-0.1, -0.05) is 0 Å². The monoisotopic (exact) mass is 235 g/mol. The maximum Gasteiger partial charge on any atom is 0.243 e. The standard InChI is InChI=1S/C11H9NO3S/c13-5-8-1-3-9(4-2-8)12-10(14)6-16-7-11(12)15/h1-5H,6-7H2. The predicted octanol–water partition coefficient (Wildman–Crippen LogP) is 1.11. The lowest BCUT2D eigenvalue weighted by molar-refractivity contribution is -0.124. The maximum absolute atomic E-state index is 11.6. The smallest absolute Gasteiger partial charge is 0.243 e. The number of rotatable bonds is 2. The molecule has 16 heavy (non-hydrogen) atoms. The highest BCUT2D eigenvalue weighted by Gasteiger charge is 2.27. The van der Waals surface area contributed by atoms with Gasteiger partial charge in [-0.3, -0.25) is 14.4 Å². The summed E-state index contributed by atoms with van der Waals surface area (Å²) in [5.74, 6) is 0.225. The lowest BCUT2D eigenvalue weighted by Crippen LogP contribution is -2.43. The first kappa shape index (κ1) is 10.9. The van der Waals surface area contributed by atoms with Crippen molar-refractivity contribution in [3.8, 4) is 0 Å². The summed E-state index contributed by atoms with van der Waals surface area (Å²) >= 11 is 1.32. The van der Waals surface area contributed by atoms with E-state index >= 15 is 0 Å². The Hall–Kier alpha value is -1.62. The van der Waals surface area contributed by atoms with Crippen LogP contribution in [0.1, 0.15) is 10.4 Å². The minimum absolute atomic E-state index is 0.208. The summed E-state index contributed by atoms with van der Waals surface area (Å²) in [6, 6.07) is 6.39. The van der Waals surface area contributed by atoms with Gasteiger partial charge in [-0.05, 0) is 24.3 Å².